The minimum absolute atomic E-state index is 0.0132. The van der Waals surface area contributed by atoms with Crippen molar-refractivity contribution in [1.29, 1.82) is 0 Å². The lowest BCUT2D eigenvalue weighted by atomic mass is 10.1. The van der Waals surface area contributed by atoms with Gasteiger partial charge < -0.3 is 5.32 Å². The molecule has 1 atom stereocenters. The highest BCUT2D eigenvalue weighted by Crippen LogP contribution is 2.24. The van der Waals surface area contributed by atoms with Crippen molar-refractivity contribution < 1.29 is 4.39 Å². The largest absolute Gasteiger partial charge is 0.305 e. The summed E-state index contributed by atoms with van der Waals surface area (Å²) in [5, 5.41) is 6.20. The normalized spacial score (nSPS) is 12.6. The summed E-state index contributed by atoms with van der Waals surface area (Å²) >= 11 is 1.58. The van der Waals surface area contributed by atoms with Gasteiger partial charge in [0.25, 0.3) is 0 Å². The molecule has 0 amide bonds. The Labute approximate surface area is 98.2 Å². The molecule has 4 heteroatoms. The molecule has 0 saturated carbocycles. The van der Waals surface area contributed by atoms with Gasteiger partial charge in [-0.3, -0.25) is 0 Å². The van der Waals surface area contributed by atoms with Gasteiger partial charge in [0.15, 0.2) is 0 Å². The quantitative estimate of drug-likeness (QED) is 0.882. The maximum Gasteiger partial charge on any atom is 0.123 e. The van der Waals surface area contributed by atoms with E-state index in [0.717, 1.165) is 17.1 Å². The van der Waals surface area contributed by atoms with Gasteiger partial charge in [0.05, 0.1) is 6.04 Å². The second-order valence-corrected chi connectivity index (χ2v) is 4.34. The summed E-state index contributed by atoms with van der Waals surface area (Å²) in [6.45, 7) is 2.85. The summed E-state index contributed by atoms with van der Waals surface area (Å²) in [5.74, 6) is -0.211. The van der Waals surface area contributed by atoms with Gasteiger partial charge in [-0.2, -0.15) is 0 Å². The summed E-state index contributed by atoms with van der Waals surface area (Å²) in [5.41, 5.74) is 0.914. The first-order chi connectivity index (χ1) is 7.81. The van der Waals surface area contributed by atoms with Crippen molar-refractivity contribution in [2.24, 2.45) is 0 Å². The average molecular weight is 236 g/mol. The van der Waals surface area contributed by atoms with Crippen molar-refractivity contribution in [2.45, 2.75) is 13.0 Å². The van der Waals surface area contributed by atoms with E-state index in [-0.39, 0.29) is 11.9 Å². The van der Waals surface area contributed by atoms with Crippen LogP contribution in [-0.4, -0.2) is 11.5 Å². The minimum atomic E-state index is -0.211. The highest BCUT2D eigenvalue weighted by atomic mass is 32.1. The number of nitrogens with one attached hydrogen (secondary N) is 1. The topological polar surface area (TPSA) is 24.9 Å². The van der Waals surface area contributed by atoms with Crippen LogP contribution in [0.1, 0.15) is 23.5 Å². The molecular weight excluding hydrogens is 223 g/mol. The fourth-order valence-corrected chi connectivity index (χ4v) is 2.35. The first kappa shape index (κ1) is 11.2. The molecule has 0 aliphatic carbocycles. The number of nitrogens with zero attached hydrogens (tertiary/aromatic N) is 1. The molecule has 2 nitrogen and oxygen atoms in total. The Balaban J connectivity index is 2.33. The molecule has 0 radical (unpaired) electrons. The molecule has 16 heavy (non-hydrogen) atoms. The third-order valence-corrected chi connectivity index (χ3v) is 3.13. The van der Waals surface area contributed by atoms with Crippen molar-refractivity contribution >= 4 is 11.3 Å². The molecular formula is C12H13FN2S. The molecule has 84 valence electrons. The van der Waals surface area contributed by atoms with Crippen molar-refractivity contribution in [3.63, 3.8) is 0 Å². The van der Waals surface area contributed by atoms with Crippen LogP contribution in [0.25, 0.3) is 0 Å². The highest BCUT2D eigenvalue weighted by Gasteiger charge is 2.15. The van der Waals surface area contributed by atoms with E-state index in [1.807, 2.05) is 18.4 Å². The second kappa shape index (κ2) is 5.18. The van der Waals surface area contributed by atoms with Crippen LogP contribution in [-0.2, 0) is 0 Å². The predicted molar refractivity (Wildman–Crippen MR) is 64.0 cm³/mol. The van der Waals surface area contributed by atoms with E-state index in [4.69, 9.17) is 0 Å². The molecule has 0 aliphatic heterocycles. The lowest BCUT2D eigenvalue weighted by molar-refractivity contribution is 0.601. The van der Waals surface area contributed by atoms with Crippen molar-refractivity contribution in [3.8, 4) is 0 Å². The summed E-state index contributed by atoms with van der Waals surface area (Å²) in [7, 11) is 0. The van der Waals surface area contributed by atoms with Gasteiger partial charge in [-0.05, 0) is 24.2 Å². The van der Waals surface area contributed by atoms with Gasteiger partial charge in [0.2, 0.25) is 0 Å². The molecule has 1 unspecified atom stereocenters. The fraction of sp³-hybridized carbons (Fsp3) is 0.250. The van der Waals surface area contributed by atoms with Gasteiger partial charge in [-0.15, -0.1) is 11.3 Å². The molecule has 0 saturated heterocycles. The zero-order valence-electron chi connectivity index (χ0n) is 8.98. The Morgan fingerprint density at radius 3 is 3.00 bits per heavy atom. The highest BCUT2D eigenvalue weighted by molar-refractivity contribution is 7.09. The van der Waals surface area contributed by atoms with E-state index in [9.17, 15) is 4.39 Å². The second-order valence-electron chi connectivity index (χ2n) is 3.42. The molecule has 0 fully saturated rings. The Morgan fingerprint density at radius 2 is 2.38 bits per heavy atom. The van der Waals surface area contributed by atoms with Gasteiger partial charge in [0, 0.05) is 11.6 Å². The van der Waals surface area contributed by atoms with Crippen LogP contribution in [0, 0.1) is 5.82 Å². The van der Waals surface area contributed by atoms with Crippen LogP contribution in [0.3, 0.4) is 0 Å². The van der Waals surface area contributed by atoms with Crippen molar-refractivity contribution in [1.82, 2.24) is 10.3 Å². The molecule has 0 spiro atoms. The zero-order valence-corrected chi connectivity index (χ0v) is 9.80. The Bertz CT molecular complexity index is 442. The number of hydrogen-bond donors (Lipinski definition) is 1. The first-order valence-electron chi connectivity index (χ1n) is 5.19. The first-order valence-corrected chi connectivity index (χ1v) is 6.07. The molecule has 1 heterocycles. The average Bonchev–Trinajstić information content (AvgIpc) is 2.79. The number of hydrogen-bond acceptors (Lipinski definition) is 3. The zero-order chi connectivity index (χ0) is 11.4. The third kappa shape index (κ3) is 2.46. The maximum absolute atomic E-state index is 13.2. The minimum Gasteiger partial charge on any atom is -0.305 e. The standard InChI is InChI=1S/C12H13FN2S/c1-2-14-11(12-15-6-7-16-12)9-4-3-5-10(13)8-9/h3-8,11,14H,2H2,1H3. The Hall–Kier alpha value is -1.26. The SMILES string of the molecule is CCNC(c1cccc(F)c1)c1nccs1. The van der Waals surface area contributed by atoms with Crippen LogP contribution >= 0.6 is 11.3 Å². The Kier molecular flexibility index (Phi) is 3.64. The van der Waals surface area contributed by atoms with E-state index < -0.39 is 0 Å². The van der Waals surface area contributed by atoms with E-state index >= 15 is 0 Å². The molecule has 2 rings (SSSR count). The number of benzene rings is 1. The van der Waals surface area contributed by atoms with E-state index in [0.29, 0.717) is 0 Å². The molecule has 1 aromatic heterocycles. The number of rotatable bonds is 4. The molecule has 0 bridgehead atoms. The molecule has 2 aromatic rings. The fourth-order valence-electron chi connectivity index (χ4n) is 1.62. The van der Waals surface area contributed by atoms with Gasteiger partial charge >= 0.3 is 0 Å². The van der Waals surface area contributed by atoms with Crippen LogP contribution in [0.5, 0.6) is 0 Å². The number of aromatic nitrogens is 1. The van der Waals surface area contributed by atoms with E-state index in [1.165, 1.54) is 6.07 Å². The summed E-state index contributed by atoms with van der Waals surface area (Å²) in [6.07, 6.45) is 1.77. The summed E-state index contributed by atoms with van der Waals surface area (Å²) in [4.78, 5) is 4.27. The van der Waals surface area contributed by atoms with Crippen LogP contribution in [0.4, 0.5) is 4.39 Å². The molecule has 1 N–H and O–H groups in total. The van der Waals surface area contributed by atoms with Crippen LogP contribution < -0.4 is 5.32 Å². The third-order valence-electron chi connectivity index (χ3n) is 2.29. The Morgan fingerprint density at radius 1 is 1.50 bits per heavy atom. The lowest BCUT2D eigenvalue weighted by Crippen LogP contribution is -2.21. The molecule has 0 aliphatic rings. The monoisotopic (exact) mass is 236 g/mol. The van der Waals surface area contributed by atoms with Gasteiger partial charge in [-0.25, -0.2) is 9.37 Å². The van der Waals surface area contributed by atoms with Crippen molar-refractivity contribution in [2.75, 3.05) is 6.54 Å². The van der Waals surface area contributed by atoms with Gasteiger partial charge in [-0.1, -0.05) is 19.1 Å². The van der Waals surface area contributed by atoms with Gasteiger partial charge in [0.1, 0.15) is 10.8 Å². The number of halogens is 1. The van der Waals surface area contributed by atoms with Crippen LogP contribution in [0.15, 0.2) is 35.8 Å². The summed E-state index contributed by atoms with van der Waals surface area (Å²) in [6, 6.07) is 6.63. The maximum atomic E-state index is 13.2. The summed E-state index contributed by atoms with van der Waals surface area (Å²) < 4.78 is 13.2. The lowest BCUT2D eigenvalue weighted by Gasteiger charge is -2.15. The van der Waals surface area contributed by atoms with Crippen LogP contribution in [0.2, 0.25) is 0 Å². The van der Waals surface area contributed by atoms with Crippen molar-refractivity contribution in [3.05, 3.63) is 52.2 Å². The van der Waals surface area contributed by atoms with E-state index in [2.05, 4.69) is 10.3 Å². The number of thiazole rings is 1. The molecule has 1 aromatic carbocycles. The smallest absolute Gasteiger partial charge is 0.123 e. The van der Waals surface area contributed by atoms with E-state index in [1.54, 1.807) is 29.7 Å². The predicted octanol–water partition coefficient (Wildman–Crippen LogP) is 2.98.